The first-order chi connectivity index (χ1) is 6.26. The summed E-state index contributed by atoms with van der Waals surface area (Å²) in [6.07, 6.45) is 1.89. The second kappa shape index (κ2) is 4.70. The molecule has 1 aromatic rings. The van der Waals surface area contributed by atoms with E-state index in [1.165, 1.54) is 11.1 Å². The van der Waals surface area contributed by atoms with Gasteiger partial charge in [-0.05, 0) is 17.5 Å². The van der Waals surface area contributed by atoms with Crippen LogP contribution in [0.25, 0.3) is 0 Å². The summed E-state index contributed by atoms with van der Waals surface area (Å²) in [6, 6.07) is 8.56. The Kier molecular flexibility index (Phi) is 3.56. The van der Waals surface area contributed by atoms with Crippen LogP contribution in [0.4, 0.5) is 0 Å². The standard InChI is InChI=1S/C12H16O/c1-4-11-5-7-12(8-6-11)9-10(2)13-3/h5-8H,2,4,9H2,1,3H3. The Labute approximate surface area is 80.0 Å². The first-order valence-corrected chi connectivity index (χ1v) is 4.56. The molecule has 1 heteroatoms. The largest absolute Gasteiger partial charge is 0.501 e. The van der Waals surface area contributed by atoms with E-state index in [1.807, 2.05) is 0 Å². The van der Waals surface area contributed by atoms with Gasteiger partial charge in [-0.1, -0.05) is 37.8 Å². The highest BCUT2D eigenvalue weighted by Gasteiger charge is 1.96. The molecule has 0 saturated heterocycles. The summed E-state index contributed by atoms with van der Waals surface area (Å²) >= 11 is 0. The average molecular weight is 176 g/mol. The van der Waals surface area contributed by atoms with Crippen LogP contribution >= 0.6 is 0 Å². The summed E-state index contributed by atoms with van der Waals surface area (Å²) in [5.41, 5.74) is 2.62. The van der Waals surface area contributed by atoms with Crippen molar-refractivity contribution in [1.82, 2.24) is 0 Å². The van der Waals surface area contributed by atoms with Crippen LogP contribution in [0.2, 0.25) is 0 Å². The number of allylic oxidation sites excluding steroid dienone is 1. The predicted octanol–water partition coefficient (Wildman–Crippen LogP) is 2.95. The molecule has 0 saturated carbocycles. The van der Waals surface area contributed by atoms with Gasteiger partial charge in [-0.25, -0.2) is 0 Å². The number of benzene rings is 1. The lowest BCUT2D eigenvalue weighted by Crippen LogP contribution is -1.91. The zero-order valence-corrected chi connectivity index (χ0v) is 8.34. The summed E-state index contributed by atoms with van der Waals surface area (Å²) in [6.45, 7) is 5.94. The molecule has 0 aliphatic heterocycles. The van der Waals surface area contributed by atoms with Crippen LogP contribution in [0.15, 0.2) is 36.6 Å². The monoisotopic (exact) mass is 176 g/mol. The fourth-order valence-corrected chi connectivity index (χ4v) is 1.19. The van der Waals surface area contributed by atoms with Crippen LogP contribution in [0.5, 0.6) is 0 Å². The second-order valence-corrected chi connectivity index (χ2v) is 3.09. The van der Waals surface area contributed by atoms with Crippen molar-refractivity contribution in [2.24, 2.45) is 0 Å². The van der Waals surface area contributed by atoms with Gasteiger partial charge in [0, 0.05) is 6.42 Å². The minimum absolute atomic E-state index is 0.806. The molecule has 13 heavy (non-hydrogen) atoms. The van der Waals surface area contributed by atoms with Crippen LogP contribution in [0.1, 0.15) is 18.1 Å². The van der Waals surface area contributed by atoms with Gasteiger partial charge in [0.15, 0.2) is 0 Å². The van der Waals surface area contributed by atoms with Crippen molar-refractivity contribution in [3.8, 4) is 0 Å². The second-order valence-electron chi connectivity index (χ2n) is 3.09. The molecule has 70 valence electrons. The van der Waals surface area contributed by atoms with Crippen LogP contribution < -0.4 is 0 Å². The number of ether oxygens (including phenoxy) is 1. The Balaban J connectivity index is 2.64. The molecule has 0 radical (unpaired) electrons. The van der Waals surface area contributed by atoms with Crippen LogP contribution in [-0.2, 0) is 17.6 Å². The molecule has 1 rings (SSSR count). The molecule has 0 aliphatic carbocycles. The van der Waals surface area contributed by atoms with E-state index in [4.69, 9.17) is 4.74 Å². The maximum atomic E-state index is 5.02. The van der Waals surface area contributed by atoms with E-state index in [0.717, 1.165) is 18.6 Å². The molecule has 0 aliphatic rings. The first-order valence-electron chi connectivity index (χ1n) is 4.56. The fraction of sp³-hybridized carbons (Fsp3) is 0.333. The van der Waals surface area contributed by atoms with Crippen molar-refractivity contribution in [3.05, 3.63) is 47.7 Å². The molecule has 0 bridgehead atoms. The minimum Gasteiger partial charge on any atom is -0.501 e. The third-order valence-electron chi connectivity index (χ3n) is 2.12. The summed E-state index contributed by atoms with van der Waals surface area (Å²) in [5, 5.41) is 0. The number of aryl methyl sites for hydroxylation is 1. The van der Waals surface area contributed by atoms with Gasteiger partial charge in [-0.3, -0.25) is 0 Å². The molecule has 0 N–H and O–H groups in total. The smallest absolute Gasteiger partial charge is 0.0927 e. The summed E-state index contributed by atoms with van der Waals surface area (Å²) in [5.74, 6) is 0.809. The highest BCUT2D eigenvalue weighted by atomic mass is 16.5. The van der Waals surface area contributed by atoms with E-state index in [1.54, 1.807) is 7.11 Å². The van der Waals surface area contributed by atoms with E-state index in [9.17, 15) is 0 Å². The van der Waals surface area contributed by atoms with Gasteiger partial charge in [-0.2, -0.15) is 0 Å². The molecule has 0 aromatic heterocycles. The van der Waals surface area contributed by atoms with Crippen LogP contribution in [-0.4, -0.2) is 7.11 Å². The lowest BCUT2D eigenvalue weighted by atomic mass is 10.1. The molecular formula is C12H16O. The number of hydrogen-bond donors (Lipinski definition) is 0. The van der Waals surface area contributed by atoms with Crippen molar-refractivity contribution < 1.29 is 4.74 Å². The number of rotatable bonds is 4. The van der Waals surface area contributed by atoms with E-state index in [-0.39, 0.29) is 0 Å². The Morgan fingerprint density at radius 2 is 1.77 bits per heavy atom. The molecule has 0 atom stereocenters. The normalized spacial score (nSPS) is 9.69. The van der Waals surface area contributed by atoms with Crippen molar-refractivity contribution in [3.63, 3.8) is 0 Å². The summed E-state index contributed by atoms with van der Waals surface area (Å²) in [7, 11) is 1.66. The first kappa shape index (κ1) is 9.85. The van der Waals surface area contributed by atoms with Gasteiger partial charge in [0.2, 0.25) is 0 Å². The highest BCUT2D eigenvalue weighted by Crippen LogP contribution is 2.09. The van der Waals surface area contributed by atoms with Gasteiger partial charge in [0.25, 0.3) is 0 Å². The molecule has 1 nitrogen and oxygen atoms in total. The Hall–Kier alpha value is -1.24. The topological polar surface area (TPSA) is 9.23 Å². The third-order valence-corrected chi connectivity index (χ3v) is 2.12. The van der Waals surface area contributed by atoms with E-state index in [0.29, 0.717) is 0 Å². The van der Waals surface area contributed by atoms with Crippen molar-refractivity contribution in [2.45, 2.75) is 19.8 Å². The van der Waals surface area contributed by atoms with Gasteiger partial charge in [0.05, 0.1) is 12.9 Å². The lowest BCUT2D eigenvalue weighted by Gasteiger charge is -2.04. The average Bonchev–Trinajstić information content (AvgIpc) is 2.19. The molecular weight excluding hydrogens is 160 g/mol. The maximum Gasteiger partial charge on any atom is 0.0927 e. The van der Waals surface area contributed by atoms with Gasteiger partial charge in [-0.15, -0.1) is 0 Å². The van der Waals surface area contributed by atoms with Gasteiger partial charge in [0.1, 0.15) is 0 Å². The highest BCUT2D eigenvalue weighted by molar-refractivity contribution is 5.24. The van der Waals surface area contributed by atoms with Crippen molar-refractivity contribution in [2.75, 3.05) is 7.11 Å². The van der Waals surface area contributed by atoms with E-state index < -0.39 is 0 Å². The van der Waals surface area contributed by atoms with E-state index in [2.05, 4.69) is 37.8 Å². The molecule has 0 fully saturated rings. The minimum atomic E-state index is 0.806. The predicted molar refractivity (Wildman–Crippen MR) is 55.7 cm³/mol. The Morgan fingerprint density at radius 1 is 1.23 bits per heavy atom. The van der Waals surface area contributed by atoms with Crippen molar-refractivity contribution in [1.29, 1.82) is 0 Å². The Morgan fingerprint density at radius 3 is 2.23 bits per heavy atom. The summed E-state index contributed by atoms with van der Waals surface area (Å²) < 4.78 is 5.02. The van der Waals surface area contributed by atoms with Crippen LogP contribution in [0.3, 0.4) is 0 Å². The third kappa shape index (κ3) is 2.94. The van der Waals surface area contributed by atoms with Crippen LogP contribution in [0, 0.1) is 0 Å². The van der Waals surface area contributed by atoms with Crippen molar-refractivity contribution >= 4 is 0 Å². The van der Waals surface area contributed by atoms with Gasteiger partial charge >= 0.3 is 0 Å². The van der Waals surface area contributed by atoms with E-state index >= 15 is 0 Å². The number of methoxy groups -OCH3 is 1. The van der Waals surface area contributed by atoms with Gasteiger partial charge < -0.3 is 4.74 Å². The molecule has 0 heterocycles. The summed E-state index contributed by atoms with van der Waals surface area (Å²) in [4.78, 5) is 0. The zero-order chi connectivity index (χ0) is 9.68. The molecule has 0 amide bonds. The zero-order valence-electron chi connectivity index (χ0n) is 8.34. The molecule has 0 spiro atoms. The fourth-order valence-electron chi connectivity index (χ4n) is 1.19. The maximum absolute atomic E-state index is 5.02. The quantitative estimate of drug-likeness (QED) is 0.641. The lowest BCUT2D eigenvalue weighted by molar-refractivity contribution is 0.285. The molecule has 1 aromatic carbocycles. The Bertz CT molecular complexity index is 272. The SMILES string of the molecule is C=C(Cc1ccc(CC)cc1)OC. The molecule has 0 unspecified atom stereocenters. The number of hydrogen-bond acceptors (Lipinski definition) is 1.